The number of anilines is 1. The number of nitrogens with zero attached hydrogens (tertiary/aromatic N) is 10. The van der Waals surface area contributed by atoms with Crippen LogP contribution >= 0.6 is 11.8 Å². The summed E-state index contributed by atoms with van der Waals surface area (Å²) in [6, 6.07) is 3.56. The molecule has 0 aliphatic rings. The van der Waals surface area contributed by atoms with Crippen molar-refractivity contribution < 1.29 is 9.42 Å². The SMILES string of the molecule is C/C(=N\NC(=O)c1nnn(-c2nonc2N)c1CSc1nncn1C)c1ccncc1. The molecule has 0 aromatic carbocycles. The van der Waals surface area contributed by atoms with Gasteiger partial charge in [0.25, 0.3) is 5.91 Å². The number of thioether (sulfide) groups is 1. The minimum atomic E-state index is -0.553. The standard InChI is InChI=1S/C16H16N12O2S/c1-9(10-3-5-18-6-4-10)20-22-15(29)12-11(7-31-16-23-19-8-27(16)2)28(26-21-12)14-13(17)24-30-25-14/h3-6,8H,7H2,1-2H3,(H2,17,24)(H,22,29)/b20-9+. The van der Waals surface area contributed by atoms with Gasteiger partial charge in [-0.1, -0.05) is 17.0 Å². The molecular weight excluding hydrogens is 424 g/mol. The largest absolute Gasteiger partial charge is 0.378 e. The van der Waals surface area contributed by atoms with Gasteiger partial charge in [-0.25, -0.2) is 10.1 Å². The molecular formula is C16H16N12O2S. The monoisotopic (exact) mass is 440 g/mol. The predicted molar refractivity (Wildman–Crippen MR) is 108 cm³/mol. The Morgan fingerprint density at radius 3 is 2.77 bits per heavy atom. The molecule has 158 valence electrons. The Hall–Kier alpha value is -4.14. The van der Waals surface area contributed by atoms with Crippen molar-refractivity contribution in [1.29, 1.82) is 0 Å². The lowest BCUT2D eigenvalue weighted by molar-refractivity contribution is 0.0949. The van der Waals surface area contributed by atoms with Crippen LogP contribution in [0.4, 0.5) is 5.82 Å². The first kappa shape index (κ1) is 20.1. The van der Waals surface area contributed by atoms with E-state index in [1.54, 1.807) is 42.3 Å². The zero-order valence-electron chi connectivity index (χ0n) is 16.4. The van der Waals surface area contributed by atoms with Crippen LogP contribution in [0.2, 0.25) is 0 Å². The first-order chi connectivity index (χ1) is 15.0. The maximum absolute atomic E-state index is 12.8. The van der Waals surface area contributed by atoms with Gasteiger partial charge in [-0.15, -0.1) is 15.3 Å². The van der Waals surface area contributed by atoms with Gasteiger partial charge in [0.2, 0.25) is 11.6 Å². The van der Waals surface area contributed by atoms with E-state index in [1.807, 2.05) is 7.05 Å². The second kappa shape index (κ2) is 8.70. The number of hydrogen-bond acceptors (Lipinski definition) is 12. The van der Waals surface area contributed by atoms with Gasteiger partial charge in [0.05, 0.1) is 11.4 Å². The highest BCUT2D eigenvalue weighted by atomic mass is 32.2. The van der Waals surface area contributed by atoms with Crippen LogP contribution in [0.5, 0.6) is 0 Å². The first-order valence-electron chi connectivity index (χ1n) is 8.79. The predicted octanol–water partition coefficient (Wildman–Crippen LogP) is 0.202. The lowest BCUT2D eigenvalue weighted by atomic mass is 10.2. The second-order valence-corrected chi connectivity index (χ2v) is 7.10. The quantitative estimate of drug-likeness (QED) is 0.227. The number of nitrogens with one attached hydrogen (secondary N) is 1. The molecule has 14 nitrogen and oxygen atoms in total. The molecule has 0 saturated heterocycles. The van der Waals surface area contributed by atoms with Crippen molar-refractivity contribution in [3.8, 4) is 5.82 Å². The zero-order chi connectivity index (χ0) is 21.8. The van der Waals surface area contributed by atoms with E-state index in [1.165, 1.54) is 16.4 Å². The number of pyridine rings is 1. The summed E-state index contributed by atoms with van der Waals surface area (Å²) >= 11 is 1.33. The molecule has 0 atom stereocenters. The minimum Gasteiger partial charge on any atom is -0.378 e. The molecule has 4 heterocycles. The van der Waals surface area contributed by atoms with Gasteiger partial charge in [0.15, 0.2) is 10.9 Å². The van der Waals surface area contributed by atoms with Crippen LogP contribution in [-0.4, -0.2) is 56.7 Å². The van der Waals surface area contributed by atoms with Crippen LogP contribution in [0.1, 0.15) is 28.7 Å². The Morgan fingerprint density at radius 2 is 2.10 bits per heavy atom. The molecule has 15 heteroatoms. The minimum absolute atomic E-state index is 0.00770. The average Bonchev–Trinajstić information content (AvgIpc) is 3.50. The Balaban J connectivity index is 1.62. The number of carbonyl (C=O) groups excluding carboxylic acids is 1. The lowest BCUT2D eigenvalue weighted by Gasteiger charge is -2.06. The fourth-order valence-corrected chi connectivity index (χ4v) is 3.38. The van der Waals surface area contributed by atoms with Crippen LogP contribution in [0.25, 0.3) is 5.82 Å². The van der Waals surface area contributed by atoms with Crippen LogP contribution in [0, 0.1) is 0 Å². The molecule has 0 bridgehead atoms. The summed E-state index contributed by atoms with van der Waals surface area (Å²) in [5.41, 5.74) is 10.2. The smallest absolute Gasteiger partial charge is 0.293 e. The third-order valence-electron chi connectivity index (χ3n) is 4.11. The number of hydrogen-bond donors (Lipinski definition) is 2. The Labute approximate surface area is 178 Å². The summed E-state index contributed by atoms with van der Waals surface area (Å²) in [6.45, 7) is 1.76. The van der Waals surface area contributed by atoms with E-state index in [-0.39, 0.29) is 23.1 Å². The van der Waals surface area contributed by atoms with Gasteiger partial charge in [-0.05, 0) is 29.4 Å². The van der Waals surface area contributed by atoms with Crippen molar-refractivity contribution in [1.82, 2.24) is 50.5 Å². The van der Waals surface area contributed by atoms with Crippen molar-refractivity contribution >= 4 is 29.2 Å². The summed E-state index contributed by atoms with van der Waals surface area (Å²) in [7, 11) is 1.81. The van der Waals surface area contributed by atoms with E-state index in [0.717, 1.165) is 5.56 Å². The normalized spacial score (nSPS) is 11.6. The Bertz CT molecular complexity index is 1230. The van der Waals surface area contributed by atoms with Gasteiger partial charge in [0.1, 0.15) is 6.33 Å². The maximum atomic E-state index is 12.8. The zero-order valence-corrected chi connectivity index (χ0v) is 17.2. The fraction of sp³-hybridized carbons (Fsp3) is 0.188. The highest BCUT2D eigenvalue weighted by molar-refractivity contribution is 7.98. The second-order valence-electron chi connectivity index (χ2n) is 6.16. The number of rotatable bonds is 7. The number of nitrogen functional groups attached to an aromatic ring is 1. The van der Waals surface area contributed by atoms with Crippen molar-refractivity contribution in [2.75, 3.05) is 5.73 Å². The Morgan fingerprint density at radius 1 is 1.29 bits per heavy atom. The molecule has 0 unspecified atom stereocenters. The molecule has 0 fully saturated rings. The fourth-order valence-electron chi connectivity index (χ4n) is 2.50. The molecule has 31 heavy (non-hydrogen) atoms. The maximum Gasteiger partial charge on any atom is 0.293 e. The average molecular weight is 440 g/mol. The van der Waals surface area contributed by atoms with Crippen LogP contribution in [0.15, 0.2) is 45.7 Å². The van der Waals surface area contributed by atoms with E-state index >= 15 is 0 Å². The highest BCUT2D eigenvalue weighted by Crippen LogP contribution is 2.24. The molecule has 0 radical (unpaired) electrons. The molecule has 1 amide bonds. The van der Waals surface area contributed by atoms with Crippen molar-refractivity contribution in [3.05, 3.63) is 47.8 Å². The molecule has 0 aliphatic carbocycles. The van der Waals surface area contributed by atoms with E-state index < -0.39 is 5.91 Å². The van der Waals surface area contributed by atoms with E-state index in [9.17, 15) is 4.79 Å². The molecule has 4 aromatic heterocycles. The van der Waals surface area contributed by atoms with Crippen molar-refractivity contribution in [2.45, 2.75) is 17.8 Å². The van der Waals surface area contributed by atoms with Gasteiger partial charge in [-0.3, -0.25) is 9.78 Å². The number of carbonyl (C=O) groups is 1. The molecule has 4 rings (SSSR count). The van der Waals surface area contributed by atoms with Crippen LogP contribution in [-0.2, 0) is 12.8 Å². The van der Waals surface area contributed by atoms with Gasteiger partial charge < -0.3 is 10.3 Å². The van der Waals surface area contributed by atoms with Crippen molar-refractivity contribution in [3.63, 3.8) is 0 Å². The third kappa shape index (κ3) is 4.25. The summed E-state index contributed by atoms with van der Waals surface area (Å²) in [5.74, 6) is -0.157. The number of aromatic nitrogens is 9. The summed E-state index contributed by atoms with van der Waals surface area (Å²) in [5, 5.41) is 27.9. The molecule has 0 saturated carbocycles. The summed E-state index contributed by atoms with van der Waals surface area (Å²) in [4.78, 5) is 16.8. The van der Waals surface area contributed by atoms with Gasteiger partial charge in [-0.2, -0.15) is 9.78 Å². The molecule has 0 aliphatic heterocycles. The summed E-state index contributed by atoms with van der Waals surface area (Å²) < 4.78 is 7.69. The highest BCUT2D eigenvalue weighted by Gasteiger charge is 2.24. The number of aryl methyl sites for hydroxylation is 1. The summed E-state index contributed by atoms with van der Waals surface area (Å²) in [6.07, 6.45) is 4.85. The van der Waals surface area contributed by atoms with Crippen LogP contribution < -0.4 is 11.2 Å². The Kier molecular flexibility index (Phi) is 5.65. The number of amides is 1. The van der Waals surface area contributed by atoms with Gasteiger partial charge in [0, 0.05) is 30.8 Å². The van der Waals surface area contributed by atoms with Crippen LogP contribution in [0.3, 0.4) is 0 Å². The van der Waals surface area contributed by atoms with E-state index in [4.69, 9.17) is 5.73 Å². The molecule has 0 spiro atoms. The van der Waals surface area contributed by atoms with E-state index in [0.29, 0.717) is 16.6 Å². The third-order valence-corrected chi connectivity index (χ3v) is 5.15. The molecule has 3 N–H and O–H groups in total. The van der Waals surface area contributed by atoms with Gasteiger partial charge >= 0.3 is 0 Å². The molecule has 4 aromatic rings. The first-order valence-corrected chi connectivity index (χ1v) is 9.78. The van der Waals surface area contributed by atoms with Crippen molar-refractivity contribution in [2.24, 2.45) is 12.1 Å². The number of hydrazone groups is 1. The van der Waals surface area contributed by atoms with E-state index in [2.05, 4.69) is 51.0 Å². The number of nitrogens with two attached hydrogens (primary N) is 1. The lowest BCUT2D eigenvalue weighted by Crippen LogP contribution is -2.21. The topological polar surface area (TPSA) is 181 Å².